The minimum atomic E-state index is -0.377. The van der Waals surface area contributed by atoms with Crippen molar-refractivity contribution in [2.45, 2.75) is 75.5 Å². The molecule has 2 aliphatic carbocycles. The van der Waals surface area contributed by atoms with Crippen molar-refractivity contribution in [3.63, 3.8) is 0 Å². The molecule has 3 heterocycles. The maximum Gasteiger partial charge on any atom is 0.239 e. The van der Waals surface area contributed by atoms with Gasteiger partial charge in [-0.3, -0.25) is 9.69 Å². The molecule has 0 bridgehead atoms. The molecule has 3 fully saturated rings. The fraction of sp³-hybridized carbons (Fsp3) is 0.750. The van der Waals surface area contributed by atoms with Crippen molar-refractivity contribution in [3.8, 4) is 0 Å². The van der Waals surface area contributed by atoms with E-state index in [9.17, 15) is 9.90 Å². The van der Waals surface area contributed by atoms with Gasteiger partial charge in [-0.25, -0.2) is 4.98 Å². The van der Waals surface area contributed by atoms with Gasteiger partial charge in [0.2, 0.25) is 11.9 Å². The van der Waals surface area contributed by atoms with E-state index in [1.807, 2.05) is 11.1 Å². The van der Waals surface area contributed by atoms with Gasteiger partial charge in [0.25, 0.3) is 0 Å². The van der Waals surface area contributed by atoms with Crippen molar-refractivity contribution in [2.75, 3.05) is 23.3 Å². The van der Waals surface area contributed by atoms with Crippen molar-refractivity contribution in [1.82, 2.24) is 15.3 Å². The molecule has 1 amide bonds. The quantitative estimate of drug-likeness (QED) is 0.747. The van der Waals surface area contributed by atoms with Crippen LogP contribution in [0.5, 0.6) is 0 Å². The molecular formula is C20H29N5O2. The van der Waals surface area contributed by atoms with Crippen LogP contribution >= 0.6 is 0 Å². The lowest BCUT2D eigenvalue weighted by Crippen LogP contribution is -2.44. The van der Waals surface area contributed by atoms with Gasteiger partial charge in [-0.15, -0.1) is 0 Å². The first-order chi connectivity index (χ1) is 13.1. The van der Waals surface area contributed by atoms with Gasteiger partial charge in [-0.2, -0.15) is 4.98 Å². The number of aliphatic hydroxyl groups is 1. The lowest BCUT2D eigenvalue weighted by Gasteiger charge is -2.34. The van der Waals surface area contributed by atoms with Crippen LogP contribution in [0, 0.1) is 5.92 Å². The number of piperidine rings is 1. The number of rotatable bonds is 3. The Kier molecular flexibility index (Phi) is 4.13. The molecule has 1 saturated heterocycles. The number of carbonyl (C=O) groups is 1. The van der Waals surface area contributed by atoms with E-state index in [0.717, 1.165) is 63.0 Å². The smallest absolute Gasteiger partial charge is 0.239 e. The maximum atomic E-state index is 13.3. The molecule has 7 heteroatoms. The van der Waals surface area contributed by atoms with Crippen LogP contribution in [0.25, 0.3) is 0 Å². The normalized spacial score (nSPS) is 34.6. The number of nitrogens with one attached hydrogen (secondary N) is 2. The van der Waals surface area contributed by atoms with Crippen molar-refractivity contribution in [1.29, 1.82) is 0 Å². The number of aromatic nitrogens is 2. The van der Waals surface area contributed by atoms with Crippen LogP contribution in [0.2, 0.25) is 0 Å². The van der Waals surface area contributed by atoms with Crippen molar-refractivity contribution in [2.24, 2.45) is 5.92 Å². The standard InChI is InChI=1S/C20H29N5O2/c1-12-10-21-8-5-16(12)23-19-22-11-15-17(24-19)25(18(27)20(15)6-7-20)13-3-2-4-14(26)9-13/h11-14,16,21,26H,2-10H2,1H3,(H,22,23,24)/t12-,13-,14-,16+/m1/s1. The number of nitrogens with zero attached hydrogens (tertiary/aromatic N) is 3. The Hall–Kier alpha value is -1.73. The Balaban J connectivity index is 1.45. The minimum Gasteiger partial charge on any atom is -0.393 e. The SMILES string of the molecule is C[C@@H]1CNCC[C@@H]1Nc1ncc2c(n1)N([C@@H]1CCC[C@@H](O)C1)C(=O)C21CC1. The third kappa shape index (κ3) is 2.83. The number of carbonyl (C=O) groups excluding carboxylic acids is 1. The van der Waals surface area contributed by atoms with Gasteiger partial charge < -0.3 is 15.7 Å². The molecule has 146 valence electrons. The molecule has 2 aliphatic heterocycles. The fourth-order valence-corrected chi connectivity index (χ4v) is 5.12. The van der Waals surface area contributed by atoms with Crippen LogP contribution in [0.15, 0.2) is 6.20 Å². The van der Waals surface area contributed by atoms with Gasteiger partial charge in [0.15, 0.2) is 0 Å². The zero-order chi connectivity index (χ0) is 18.6. The van der Waals surface area contributed by atoms with E-state index in [1.165, 1.54) is 0 Å². The summed E-state index contributed by atoms with van der Waals surface area (Å²) >= 11 is 0. The number of fused-ring (bicyclic) bond motifs is 2. The molecule has 27 heavy (non-hydrogen) atoms. The number of hydrogen-bond acceptors (Lipinski definition) is 6. The van der Waals surface area contributed by atoms with Gasteiger partial charge in [0.1, 0.15) is 5.82 Å². The van der Waals surface area contributed by atoms with Gasteiger partial charge >= 0.3 is 0 Å². The largest absolute Gasteiger partial charge is 0.393 e. The minimum absolute atomic E-state index is 0.0560. The van der Waals surface area contributed by atoms with Crippen LogP contribution in [0.1, 0.15) is 57.4 Å². The first-order valence-electron chi connectivity index (χ1n) is 10.4. The molecule has 4 atom stereocenters. The summed E-state index contributed by atoms with van der Waals surface area (Å²) in [5.41, 5.74) is 0.620. The third-order valence-corrected chi connectivity index (χ3v) is 6.97. The van der Waals surface area contributed by atoms with Gasteiger partial charge in [-0.1, -0.05) is 6.92 Å². The Morgan fingerprint density at radius 2 is 2.19 bits per heavy atom. The molecule has 1 aromatic heterocycles. The fourth-order valence-electron chi connectivity index (χ4n) is 5.12. The molecule has 5 rings (SSSR count). The Labute approximate surface area is 160 Å². The number of hydrogen-bond donors (Lipinski definition) is 3. The highest BCUT2D eigenvalue weighted by molar-refractivity contribution is 6.09. The molecule has 1 spiro atoms. The van der Waals surface area contributed by atoms with Crippen LogP contribution < -0.4 is 15.5 Å². The van der Waals surface area contributed by atoms with Crippen LogP contribution in [0.4, 0.5) is 11.8 Å². The molecule has 0 unspecified atom stereocenters. The molecule has 4 aliphatic rings. The molecular weight excluding hydrogens is 342 g/mol. The Bertz CT molecular complexity index is 750. The van der Waals surface area contributed by atoms with E-state index in [1.54, 1.807) is 0 Å². The van der Waals surface area contributed by atoms with Gasteiger partial charge in [-0.05, 0) is 64.0 Å². The Morgan fingerprint density at radius 3 is 2.93 bits per heavy atom. The second-order valence-corrected chi connectivity index (χ2v) is 8.88. The summed E-state index contributed by atoms with van der Waals surface area (Å²) in [6.45, 7) is 4.23. The van der Waals surface area contributed by atoms with E-state index in [-0.39, 0.29) is 23.5 Å². The molecule has 2 saturated carbocycles. The topological polar surface area (TPSA) is 90.4 Å². The zero-order valence-corrected chi connectivity index (χ0v) is 15.9. The molecule has 7 nitrogen and oxygen atoms in total. The van der Waals surface area contributed by atoms with Crippen LogP contribution in [0.3, 0.4) is 0 Å². The predicted octanol–water partition coefficient (Wildman–Crippen LogP) is 1.57. The second-order valence-electron chi connectivity index (χ2n) is 8.88. The van der Waals surface area contributed by atoms with E-state index in [2.05, 4.69) is 22.5 Å². The number of amides is 1. The maximum absolute atomic E-state index is 13.3. The predicted molar refractivity (Wildman–Crippen MR) is 103 cm³/mol. The molecule has 3 N–H and O–H groups in total. The highest BCUT2D eigenvalue weighted by Gasteiger charge is 2.61. The number of anilines is 2. The summed E-state index contributed by atoms with van der Waals surface area (Å²) in [5.74, 6) is 2.10. The summed E-state index contributed by atoms with van der Waals surface area (Å²) in [6.07, 6.45) is 7.78. The summed E-state index contributed by atoms with van der Waals surface area (Å²) < 4.78 is 0. The van der Waals surface area contributed by atoms with Crippen molar-refractivity contribution >= 4 is 17.7 Å². The molecule has 0 radical (unpaired) electrons. The Morgan fingerprint density at radius 1 is 1.33 bits per heavy atom. The van der Waals surface area contributed by atoms with E-state index >= 15 is 0 Å². The monoisotopic (exact) mass is 371 g/mol. The average Bonchev–Trinajstić information content (AvgIpc) is 3.42. The van der Waals surface area contributed by atoms with Gasteiger partial charge in [0.05, 0.1) is 11.5 Å². The lowest BCUT2D eigenvalue weighted by molar-refractivity contribution is -0.121. The summed E-state index contributed by atoms with van der Waals surface area (Å²) in [7, 11) is 0. The highest BCUT2D eigenvalue weighted by atomic mass is 16.3. The summed E-state index contributed by atoms with van der Waals surface area (Å²) in [5, 5.41) is 17.1. The lowest BCUT2D eigenvalue weighted by atomic mass is 9.92. The van der Waals surface area contributed by atoms with E-state index in [0.29, 0.717) is 24.3 Å². The molecule has 1 aromatic rings. The highest BCUT2D eigenvalue weighted by Crippen LogP contribution is 2.57. The average molecular weight is 371 g/mol. The summed E-state index contributed by atoms with van der Waals surface area (Å²) in [4.78, 5) is 24.6. The van der Waals surface area contributed by atoms with Crippen molar-refractivity contribution < 1.29 is 9.90 Å². The first-order valence-corrected chi connectivity index (χ1v) is 10.4. The van der Waals surface area contributed by atoms with Crippen LogP contribution in [-0.4, -0.2) is 52.3 Å². The zero-order valence-electron chi connectivity index (χ0n) is 15.9. The molecule has 0 aromatic carbocycles. The van der Waals surface area contributed by atoms with Gasteiger partial charge in [0, 0.05) is 23.8 Å². The third-order valence-electron chi connectivity index (χ3n) is 6.97. The first kappa shape index (κ1) is 17.4. The summed E-state index contributed by atoms with van der Waals surface area (Å²) in [6, 6.07) is 0.404. The van der Waals surface area contributed by atoms with Crippen molar-refractivity contribution in [3.05, 3.63) is 11.8 Å². The van der Waals surface area contributed by atoms with E-state index in [4.69, 9.17) is 4.98 Å². The van der Waals surface area contributed by atoms with E-state index < -0.39 is 0 Å². The number of aliphatic hydroxyl groups excluding tert-OH is 1. The van der Waals surface area contributed by atoms with Crippen LogP contribution in [-0.2, 0) is 10.2 Å². The second kappa shape index (κ2) is 6.41.